The molecular weight excluding hydrogens is 251 g/mol. The van der Waals surface area contributed by atoms with Crippen molar-refractivity contribution in [2.75, 3.05) is 12.3 Å². The maximum absolute atomic E-state index is 13.5. The van der Waals surface area contributed by atoms with Gasteiger partial charge in [-0.1, -0.05) is 6.07 Å². The molecule has 18 heavy (non-hydrogen) atoms. The average molecular weight is 263 g/mol. The number of halogens is 3. The number of anilines is 1. The van der Waals surface area contributed by atoms with Crippen molar-refractivity contribution in [2.45, 2.75) is 20.0 Å². The molecule has 0 aromatic heterocycles. The van der Waals surface area contributed by atoms with Crippen LogP contribution in [0.1, 0.15) is 12.5 Å². The third-order valence-electron chi connectivity index (χ3n) is 2.06. The second-order valence-corrected chi connectivity index (χ2v) is 3.32. The molecule has 0 spiro atoms. The number of ether oxygens (including phenoxy) is 2. The molecule has 0 atom stereocenters. The molecule has 0 saturated heterocycles. The van der Waals surface area contributed by atoms with E-state index in [1.54, 1.807) is 6.92 Å². The number of nitrogens with two attached hydrogens (primary N) is 1. The summed E-state index contributed by atoms with van der Waals surface area (Å²) in [5, 5.41) is 0. The Balaban J connectivity index is 3.02. The molecule has 0 aliphatic rings. The van der Waals surface area contributed by atoms with Crippen LogP contribution in [-0.4, -0.2) is 19.2 Å². The third kappa shape index (κ3) is 3.54. The number of nitrogen functional groups attached to an aromatic ring is 1. The summed E-state index contributed by atoms with van der Waals surface area (Å²) >= 11 is 0. The zero-order valence-electron chi connectivity index (χ0n) is 9.58. The lowest BCUT2D eigenvalue weighted by molar-refractivity contribution is -0.142. The van der Waals surface area contributed by atoms with E-state index in [1.807, 2.05) is 0 Å². The standard InChI is InChI=1S/C11H12F3NO3/c1-2-17-8(16)5-6-3-4-7(15)9(12)10(6)18-11(13)14/h3-4,11H,2,5,15H2,1H3. The summed E-state index contributed by atoms with van der Waals surface area (Å²) in [6.45, 7) is -1.47. The van der Waals surface area contributed by atoms with Gasteiger partial charge in [0.15, 0.2) is 11.6 Å². The minimum absolute atomic E-state index is 0.0413. The molecule has 0 aliphatic carbocycles. The van der Waals surface area contributed by atoms with E-state index in [0.29, 0.717) is 0 Å². The molecule has 100 valence electrons. The van der Waals surface area contributed by atoms with Crippen LogP contribution in [0.25, 0.3) is 0 Å². The molecule has 0 fully saturated rings. The first kappa shape index (κ1) is 14.1. The van der Waals surface area contributed by atoms with Gasteiger partial charge in [-0.05, 0) is 13.0 Å². The van der Waals surface area contributed by atoms with Gasteiger partial charge >= 0.3 is 12.6 Å². The van der Waals surface area contributed by atoms with Crippen LogP contribution in [-0.2, 0) is 16.0 Å². The van der Waals surface area contributed by atoms with E-state index in [-0.39, 0.29) is 24.3 Å². The van der Waals surface area contributed by atoms with Crippen LogP contribution < -0.4 is 10.5 Å². The van der Waals surface area contributed by atoms with Crippen molar-refractivity contribution in [1.29, 1.82) is 0 Å². The van der Waals surface area contributed by atoms with E-state index in [0.717, 1.165) is 0 Å². The van der Waals surface area contributed by atoms with Crippen molar-refractivity contribution in [3.05, 3.63) is 23.5 Å². The fourth-order valence-electron chi connectivity index (χ4n) is 1.33. The Kier molecular flexibility index (Phi) is 4.82. The van der Waals surface area contributed by atoms with Crippen LogP contribution >= 0.6 is 0 Å². The van der Waals surface area contributed by atoms with Crippen molar-refractivity contribution in [2.24, 2.45) is 0 Å². The van der Waals surface area contributed by atoms with E-state index in [1.165, 1.54) is 12.1 Å². The van der Waals surface area contributed by atoms with Crippen molar-refractivity contribution in [3.8, 4) is 5.75 Å². The molecule has 0 heterocycles. The predicted molar refractivity (Wildman–Crippen MR) is 57.8 cm³/mol. The number of esters is 1. The van der Waals surface area contributed by atoms with Gasteiger partial charge in [-0.15, -0.1) is 0 Å². The lowest BCUT2D eigenvalue weighted by atomic mass is 10.1. The van der Waals surface area contributed by atoms with Gasteiger partial charge in [-0.2, -0.15) is 8.78 Å². The third-order valence-corrected chi connectivity index (χ3v) is 2.06. The zero-order valence-corrected chi connectivity index (χ0v) is 9.58. The van der Waals surface area contributed by atoms with Crippen molar-refractivity contribution >= 4 is 11.7 Å². The molecule has 1 aromatic rings. The first-order valence-corrected chi connectivity index (χ1v) is 5.13. The summed E-state index contributed by atoms with van der Waals surface area (Å²) in [6, 6.07) is 2.41. The highest BCUT2D eigenvalue weighted by Gasteiger charge is 2.19. The fraction of sp³-hybridized carbons (Fsp3) is 0.364. The number of carbonyl (C=O) groups excluding carboxylic acids is 1. The number of hydrogen-bond donors (Lipinski definition) is 1. The van der Waals surface area contributed by atoms with Crippen LogP contribution in [0.15, 0.2) is 12.1 Å². The Morgan fingerprint density at radius 3 is 2.67 bits per heavy atom. The number of alkyl halides is 2. The van der Waals surface area contributed by atoms with Crippen LogP contribution in [0.4, 0.5) is 18.9 Å². The quantitative estimate of drug-likeness (QED) is 0.653. The molecule has 4 nitrogen and oxygen atoms in total. The largest absolute Gasteiger partial charge is 0.466 e. The highest BCUT2D eigenvalue weighted by molar-refractivity contribution is 5.74. The first-order valence-electron chi connectivity index (χ1n) is 5.13. The minimum atomic E-state index is -3.21. The Morgan fingerprint density at radius 1 is 1.44 bits per heavy atom. The SMILES string of the molecule is CCOC(=O)Cc1ccc(N)c(F)c1OC(F)F. The molecule has 0 aliphatic heterocycles. The summed E-state index contributed by atoms with van der Waals surface area (Å²) < 4.78 is 46.5. The summed E-state index contributed by atoms with van der Waals surface area (Å²) in [5.74, 6) is -2.50. The van der Waals surface area contributed by atoms with E-state index in [4.69, 9.17) is 5.73 Å². The average Bonchev–Trinajstić information content (AvgIpc) is 2.28. The Labute approximate surface area is 101 Å². The molecule has 1 aromatic carbocycles. The minimum Gasteiger partial charge on any atom is -0.466 e. The Hall–Kier alpha value is -1.92. The normalized spacial score (nSPS) is 10.5. The van der Waals surface area contributed by atoms with Crippen molar-refractivity contribution in [3.63, 3.8) is 0 Å². The molecule has 1 rings (SSSR count). The van der Waals surface area contributed by atoms with Gasteiger partial charge in [0, 0.05) is 5.56 Å². The van der Waals surface area contributed by atoms with Gasteiger partial charge in [-0.25, -0.2) is 4.39 Å². The van der Waals surface area contributed by atoms with Crippen LogP contribution in [0.5, 0.6) is 5.75 Å². The van der Waals surface area contributed by atoms with Crippen LogP contribution in [0.2, 0.25) is 0 Å². The van der Waals surface area contributed by atoms with Gasteiger partial charge in [0.25, 0.3) is 0 Å². The lowest BCUT2D eigenvalue weighted by Crippen LogP contribution is -2.12. The molecule has 2 N–H and O–H groups in total. The van der Waals surface area contributed by atoms with E-state index in [2.05, 4.69) is 9.47 Å². The van der Waals surface area contributed by atoms with E-state index < -0.39 is 24.1 Å². The summed E-state index contributed by atoms with van der Waals surface area (Å²) in [6.07, 6.45) is -0.368. The fourth-order valence-corrected chi connectivity index (χ4v) is 1.33. The molecule has 0 unspecified atom stereocenters. The summed E-state index contributed by atoms with van der Waals surface area (Å²) in [4.78, 5) is 11.2. The number of rotatable bonds is 5. The second kappa shape index (κ2) is 6.13. The van der Waals surface area contributed by atoms with Gasteiger partial charge in [0.05, 0.1) is 18.7 Å². The molecule has 0 bridgehead atoms. The first-order chi connectivity index (χ1) is 8.45. The van der Waals surface area contributed by atoms with Crippen LogP contribution in [0.3, 0.4) is 0 Å². The van der Waals surface area contributed by atoms with Crippen LogP contribution in [0, 0.1) is 5.82 Å². The van der Waals surface area contributed by atoms with Gasteiger partial charge in [-0.3, -0.25) is 4.79 Å². The van der Waals surface area contributed by atoms with E-state index >= 15 is 0 Å². The van der Waals surface area contributed by atoms with Gasteiger partial charge in [0.1, 0.15) is 0 Å². The highest BCUT2D eigenvalue weighted by atomic mass is 19.3. The smallest absolute Gasteiger partial charge is 0.387 e. The predicted octanol–water partition coefficient (Wildman–Crippen LogP) is 2.11. The Morgan fingerprint density at radius 2 is 2.11 bits per heavy atom. The number of carbonyl (C=O) groups is 1. The van der Waals surface area contributed by atoms with Gasteiger partial charge in [0.2, 0.25) is 0 Å². The zero-order chi connectivity index (χ0) is 13.7. The van der Waals surface area contributed by atoms with Gasteiger partial charge < -0.3 is 15.2 Å². The lowest BCUT2D eigenvalue weighted by Gasteiger charge is -2.12. The second-order valence-electron chi connectivity index (χ2n) is 3.32. The van der Waals surface area contributed by atoms with Crippen molar-refractivity contribution in [1.82, 2.24) is 0 Å². The molecule has 0 radical (unpaired) electrons. The molecular formula is C11H12F3NO3. The molecule has 7 heteroatoms. The number of hydrogen-bond acceptors (Lipinski definition) is 4. The monoisotopic (exact) mass is 263 g/mol. The topological polar surface area (TPSA) is 61.5 Å². The van der Waals surface area contributed by atoms with E-state index in [9.17, 15) is 18.0 Å². The highest BCUT2D eigenvalue weighted by Crippen LogP contribution is 2.29. The maximum Gasteiger partial charge on any atom is 0.387 e. The number of benzene rings is 1. The summed E-state index contributed by atoms with van der Waals surface area (Å²) in [5.41, 5.74) is 4.86. The Bertz CT molecular complexity index is 438. The molecule has 0 amide bonds. The molecule has 0 saturated carbocycles. The summed E-state index contributed by atoms with van der Waals surface area (Å²) in [7, 11) is 0. The maximum atomic E-state index is 13.5. The van der Waals surface area contributed by atoms with Crippen molar-refractivity contribution < 1.29 is 27.4 Å².